The normalized spacial score (nSPS) is 11.3. The molecule has 0 saturated carbocycles. The van der Waals surface area contributed by atoms with Crippen molar-refractivity contribution >= 4 is 89.7 Å². The first-order valence-electron chi connectivity index (χ1n) is 18.7. The highest BCUT2D eigenvalue weighted by Gasteiger charge is 2.25. The first-order chi connectivity index (χ1) is 29.1. The summed E-state index contributed by atoms with van der Waals surface area (Å²) >= 11 is 15.7. The Labute approximate surface area is 377 Å². The molecule has 0 aliphatic heterocycles. The molecule has 4 aromatic carbocycles. The molecule has 0 unspecified atom stereocenters. The SMILES string of the molecule is COc1ccccc1-c1c[nH]c2ncc(-c3cccc(C(=O)N(C)C)c3)c(Cl)c12.Cc1ccc(S(=O)(=O)n2cc(I)c3c(Cl)c(-c4cccc(C(=O)N(C)C)c4)cnc32)cc1. The zero-order chi connectivity index (χ0) is 43.7. The van der Waals surface area contributed by atoms with Crippen LogP contribution in [0, 0.1) is 10.5 Å². The van der Waals surface area contributed by atoms with E-state index >= 15 is 0 Å². The Morgan fingerprint density at radius 1 is 0.721 bits per heavy atom. The number of nitrogens with one attached hydrogen (secondary N) is 1. The van der Waals surface area contributed by atoms with E-state index in [9.17, 15) is 18.0 Å². The third-order valence-corrected chi connectivity index (χ3v) is 13.2. The lowest BCUT2D eigenvalue weighted by Crippen LogP contribution is -2.21. The number of hydrogen-bond donors (Lipinski definition) is 1. The van der Waals surface area contributed by atoms with E-state index in [1.54, 1.807) is 101 Å². The molecule has 0 bridgehead atoms. The van der Waals surface area contributed by atoms with Gasteiger partial charge in [-0.1, -0.05) is 83.4 Å². The fraction of sp³-hybridized carbons (Fsp3) is 0.130. The predicted octanol–water partition coefficient (Wildman–Crippen LogP) is 10.5. The van der Waals surface area contributed by atoms with E-state index in [0.717, 1.165) is 48.5 Å². The molecule has 310 valence electrons. The molecule has 2 amide bonds. The van der Waals surface area contributed by atoms with Gasteiger partial charge in [0.25, 0.3) is 21.8 Å². The van der Waals surface area contributed by atoms with Crippen LogP contribution in [-0.4, -0.2) is 84.3 Å². The van der Waals surface area contributed by atoms with Crippen molar-refractivity contribution in [3.8, 4) is 39.1 Å². The van der Waals surface area contributed by atoms with Crippen LogP contribution in [0.4, 0.5) is 0 Å². The van der Waals surface area contributed by atoms with Crippen LogP contribution in [0.3, 0.4) is 0 Å². The second-order valence-electron chi connectivity index (χ2n) is 14.4. The largest absolute Gasteiger partial charge is 0.496 e. The average Bonchev–Trinajstić information content (AvgIpc) is 3.86. The Kier molecular flexibility index (Phi) is 12.6. The highest BCUT2D eigenvalue weighted by atomic mass is 127. The van der Waals surface area contributed by atoms with Crippen LogP contribution >= 0.6 is 45.8 Å². The number of aromatic amines is 1. The molecule has 8 rings (SSSR count). The van der Waals surface area contributed by atoms with Gasteiger partial charge < -0.3 is 19.5 Å². The predicted molar refractivity (Wildman–Crippen MR) is 251 cm³/mol. The number of halogens is 3. The van der Waals surface area contributed by atoms with Crippen LogP contribution in [0.25, 0.3) is 55.4 Å². The van der Waals surface area contributed by atoms with Crippen molar-refractivity contribution in [3.05, 3.63) is 152 Å². The molecule has 0 aliphatic rings. The lowest BCUT2D eigenvalue weighted by atomic mass is 10.00. The lowest BCUT2D eigenvalue weighted by molar-refractivity contribution is 0.0820. The van der Waals surface area contributed by atoms with Gasteiger partial charge in [-0.2, -0.15) is 0 Å². The number of para-hydroxylation sites is 1. The molecule has 0 atom stereocenters. The van der Waals surface area contributed by atoms with Gasteiger partial charge in [0.05, 0.1) is 27.4 Å². The van der Waals surface area contributed by atoms with Gasteiger partial charge in [-0.25, -0.2) is 22.4 Å². The summed E-state index contributed by atoms with van der Waals surface area (Å²) < 4.78 is 33.9. The average molecular weight is 986 g/mol. The third-order valence-electron chi connectivity index (χ3n) is 9.94. The molecule has 0 radical (unpaired) electrons. The minimum Gasteiger partial charge on any atom is -0.496 e. The summed E-state index contributed by atoms with van der Waals surface area (Å²) in [6.45, 7) is 1.90. The second-order valence-corrected chi connectivity index (χ2v) is 18.2. The minimum atomic E-state index is -3.84. The number of rotatable bonds is 8. The number of ether oxygens (including phenoxy) is 1. The minimum absolute atomic E-state index is 0.0617. The number of H-pyrrole nitrogens is 1. The molecule has 15 heteroatoms. The second kappa shape index (κ2) is 17.7. The summed E-state index contributed by atoms with van der Waals surface area (Å²) in [5.41, 5.74) is 7.84. The van der Waals surface area contributed by atoms with Crippen molar-refractivity contribution in [1.82, 2.24) is 28.7 Å². The third kappa shape index (κ3) is 8.47. The number of methoxy groups -OCH3 is 1. The first-order valence-corrected chi connectivity index (χ1v) is 22.0. The summed E-state index contributed by atoms with van der Waals surface area (Å²) in [6.07, 6.45) is 6.68. The molecular weight excluding hydrogens is 946 g/mol. The molecular formula is C46H39Cl2IN6O5S. The van der Waals surface area contributed by atoms with Gasteiger partial charge in [-0.05, 0) is 83.1 Å². The Morgan fingerprint density at radius 2 is 1.28 bits per heavy atom. The molecule has 8 aromatic rings. The number of amides is 2. The summed E-state index contributed by atoms with van der Waals surface area (Å²) in [5.74, 6) is 0.573. The monoisotopic (exact) mass is 984 g/mol. The number of aromatic nitrogens is 4. The maximum atomic E-state index is 13.3. The summed E-state index contributed by atoms with van der Waals surface area (Å²) in [6, 6.07) is 29.0. The smallest absolute Gasteiger partial charge is 0.269 e. The van der Waals surface area contributed by atoms with Crippen LogP contribution in [0.5, 0.6) is 5.75 Å². The van der Waals surface area contributed by atoms with Gasteiger partial charge in [0.2, 0.25) is 0 Å². The van der Waals surface area contributed by atoms with Gasteiger partial charge in [-0.3, -0.25) is 9.59 Å². The van der Waals surface area contributed by atoms with Crippen LogP contribution in [-0.2, 0) is 10.0 Å². The van der Waals surface area contributed by atoms with Crippen molar-refractivity contribution < 1.29 is 22.7 Å². The number of nitrogens with zero attached hydrogens (tertiary/aromatic N) is 5. The van der Waals surface area contributed by atoms with E-state index in [-0.39, 0.29) is 22.4 Å². The van der Waals surface area contributed by atoms with Crippen molar-refractivity contribution in [2.75, 3.05) is 35.3 Å². The maximum absolute atomic E-state index is 13.3. The standard InChI is InChI=1S/C23H19ClIN3O3S.C23H20ClN3O2/c1-14-7-9-17(10-8-14)32(30,31)28-13-19(25)20-21(24)18(12-26-22(20)28)15-5-4-6-16(11-15)23(29)27(2)3;1-27(2)23(28)15-8-6-7-14(11-15)17-12-25-22-20(21(17)24)18(13-26-22)16-9-4-5-10-19(16)29-3/h4-13H,1-3H3;4-13H,1-3H3,(H,25,26). The molecule has 1 N–H and O–H groups in total. The van der Waals surface area contributed by atoms with Gasteiger partial charge >= 0.3 is 0 Å². The Bertz CT molecular complexity index is 3090. The number of benzene rings is 4. The summed E-state index contributed by atoms with van der Waals surface area (Å²) in [5, 5.41) is 2.32. The van der Waals surface area contributed by atoms with Gasteiger partial charge in [-0.15, -0.1) is 0 Å². The molecule has 0 aliphatic carbocycles. The fourth-order valence-electron chi connectivity index (χ4n) is 6.79. The van der Waals surface area contributed by atoms with E-state index in [1.807, 2.05) is 61.7 Å². The van der Waals surface area contributed by atoms with Gasteiger partial charge in [0, 0.05) is 95.3 Å². The van der Waals surface area contributed by atoms with E-state index in [0.29, 0.717) is 41.3 Å². The number of carbonyl (C=O) groups is 2. The number of hydrogen-bond acceptors (Lipinski definition) is 7. The lowest BCUT2D eigenvalue weighted by Gasteiger charge is -2.12. The zero-order valence-corrected chi connectivity index (χ0v) is 38.4. The molecule has 0 spiro atoms. The maximum Gasteiger partial charge on any atom is 0.269 e. The Hall–Kier alpha value is -5.74. The zero-order valence-electron chi connectivity index (χ0n) is 33.9. The van der Waals surface area contributed by atoms with Crippen molar-refractivity contribution in [3.63, 3.8) is 0 Å². The molecule has 4 aromatic heterocycles. The summed E-state index contributed by atoms with van der Waals surface area (Å²) in [7, 11) is 4.64. The van der Waals surface area contributed by atoms with E-state index in [1.165, 1.54) is 11.1 Å². The Morgan fingerprint density at radius 3 is 1.85 bits per heavy atom. The molecule has 0 saturated heterocycles. The van der Waals surface area contributed by atoms with Crippen molar-refractivity contribution in [2.24, 2.45) is 0 Å². The Balaban J connectivity index is 0.000000185. The highest BCUT2D eigenvalue weighted by Crippen LogP contribution is 2.42. The van der Waals surface area contributed by atoms with Gasteiger partial charge in [0.15, 0.2) is 5.65 Å². The van der Waals surface area contributed by atoms with Gasteiger partial charge in [0.1, 0.15) is 11.4 Å². The quantitative estimate of drug-likeness (QED) is 0.150. The van der Waals surface area contributed by atoms with Crippen molar-refractivity contribution in [1.29, 1.82) is 0 Å². The number of aryl methyl sites for hydroxylation is 1. The van der Waals surface area contributed by atoms with Crippen LogP contribution in [0.2, 0.25) is 10.0 Å². The van der Waals surface area contributed by atoms with Crippen LogP contribution < -0.4 is 4.74 Å². The molecule has 11 nitrogen and oxygen atoms in total. The molecule has 0 fully saturated rings. The van der Waals surface area contributed by atoms with Crippen LogP contribution in [0.1, 0.15) is 26.3 Å². The van der Waals surface area contributed by atoms with E-state index in [2.05, 4.69) is 37.5 Å². The first kappa shape index (κ1) is 43.4. The molecule has 4 heterocycles. The summed E-state index contributed by atoms with van der Waals surface area (Å²) in [4.78, 5) is 40.1. The number of fused-ring (bicyclic) bond motifs is 2. The van der Waals surface area contributed by atoms with Crippen molar-refractivity contribution in [2.45, 2.75) is 11.8 Å². The highest BCUT2D eigenvalue weighted by molar-refractivity contribution is 14.1. The van der Waals surface area contributed by atoms with Crippen LogP contribution in [0.15, 0.2) is 127 Å². The van der Waals surface area contributed by atoms with E-state index in [4.69, 9.17) is 27.9 Å². The fourth-order valence-corrected chi connectivity index (χ4v) is 9.94. The number of pyridine rings is 2. The topological polar surface area (TPSA) is 130 Å². The number of carbonyl (C=O) groups excluding carboxylic acids is 2. The van der Waals surface area contributed by atoms with E-state index < -0.39 is 10.0 Å². The molecule has 61 heavy (non-hydrogen) atoms.